The molecule has 0 saturated carbocycles. The van der Waals surface area contributed by atoms with Crippen LogP contribution < -0.4 is 0 Å². The number of alkyl halides is 7. The fourth-order valence-electron chi connectivity index (χ4n) is 2.14. The predicted octanol–water partition coefficient (Wildman–Crippen LogP) is 5.59. The van der Waals surface area contributed by atoms with Gasteiger partial charge in [-0.25, -0.2) is 4.39 Å². The fourth-order valence-corrected chi connectivity index (χ4v) is 2.14. The first-order valence-electron chi connectivity index (χ1n) is 6.87. The van der Waals surface area contributed by atoms with Crippen molar-refractivity contribution in [3.05, 3.63) is 70.5 Å². The summed E-state index contributed by atoms with van der Waals surface area (Å²) >= 11 is 0. The second-order valence-electron chi connectivity index (χ2n) is 5.21. The number of hydrogen-bond acceptors (Lipinski definition) is 1. The largest absolute Gasteiger partial charge is 0.416 e. The zero-order valence-corrected chi connectivity index (χ0v) is 12.6. The standard InChI is InChI=1S/C16H9F8O2/c17-11-6-9(5-10(7-11)14(18,19)20)8-26-16(24,25)13-4-2-1-3-12(13)15(21,22)23/h1-7H,8H2. The molecule has 1 atom stereocenters. The Bertz CT molecular complexity index is 781. The first-order chi connectivity index (χ1) is 11.8. The van der Waals surface area contributed by atoms with Crippen molar-refractivity contribution in [2.24, 2.45) is 0 Å². The van der Waals surface area contributed by atoms with E-state index in [-0.39, 0.29) is 6.07 Å². The van der Waals surface area contributed by atoms with Crippen molar-refractivity contribution in [1.29, 1.82) is 0 Å². The van der Waals surface area contributed by atoms with Crippen LogP contribution in [0, 0.1) is 5.82 Å². The third-order valence-electron chi connectivity index (χ3n) is 3.26. The Labute approximate surface area is 141 Å². The van der Waals surface area contributed by atoms with Crippen LogP contribution in [-0.4, -0.2) is 0 Å². The van der Waals surface area contributed by atoms with Crippen LogP contribution in [0.25, 0.3) is 0 Å². The second kappa shape index (κ2) is 6.84. The number of rotatable bonds is 4. The normalized spacial score (nSPS) is 15.0. The second-order valence-corrected chi connectivity index (χ2v) is 5.21. The Hall–Kier alpha value is -2.20. The van der Waals surface area contributed by atoms with Gasteiger partial charge in [-0.2, -0.15) is 35.8 Å². The van der Waals surface area contributed by atoms with Gasteiger partial charge in [0.1, 0.15) is 5.82 Å². The highest BCUT2D eigenvalue weighted by atomic mass is 19.4. The molecule has 0 fully saturated rings. The lowest BCUT2D eigenvalue weighted by Gasteiger charge is -2.21. The average molecular weight is 385 g/mol. The lowest BCUT2D eigenvalue weighted by Crippen LogP contribution is -2.26. The van der Waals surface area contributed by atoms with E-state index >= 15 is 0 Å². The van der Waals surface area contributed by atoms with Gasteiger partial charge >= 0.3 is 18.4 Å². The summed E-state index contributed by atoms with van der Waals surface area (Å²) in [6, 6.07) is -0.221. The Morgan fingerprint density at radius 1 is 0.808 bits per heavy atom. The number of benzene rings is 2. The van der Waals surface area contributed by atoms with Crippen molar-refractivity contribution in [1.82, 2.24) is 0 Å². The van der Waals surface area contributed by atoms with E-state index in [1.807, 2.05) is 0 Å². The first kappa shape index (κ1) is 20.1. The highest BCUT2D eigenvalue weighted by molar-refractivity contribution is 5.32. The molecule has 2 rings (SSSR count). The number of hydrogen-bond donors (Lipinski definition) is 0. The Morgan fingerprint density at radius 2 is 1.38 bits per heavy atom. The molecule has 0 amide bonds. The van der Waals surface area contributed by atoms with E-state index in [2.05, 4.69) is 4.74 Å². The zero-order valence-electron chi connectivity index (χ0n) is 12.6. The molecule has 141 valence electrons. The molecule has 26 heavy (non-hydrogen) atoms. The van der Waals surface area contributed by atoms with Gasteiger partial charge in [-0.3, -0.25) is 0 Å². The highest BCUT2D eigenvalue weighted by Gasteiger charge is 2.43. The summed E-state index contributed by atoms with van der Waals surface area (Å²) in [5, 5.41) is 11.8. The van der Waals surface area contributed by atoms with Gasteiger partial charge in [-0.15, -0.1) is 0 Å². The van der Waals surface area contributed by atoms with E-state index in [1.165, 1.54) is 0 Å². The van der Waals surface area contributed by atoms with Crippen LogP contribution in [0.1, 0.15) is 22.3 Å². The van der Waals surface area contributed by atoms with Crippen LogP contribution in [-0.2, 0) is 34.8 Å². The van der Waals surface area contributed by atoms with Crippen LogP contribution in [0.5, 0.6) is 0 Å². The van der Waals surface area contributed by atoms with Crippen molar-refractivity contribution in [3.8, 4) is 0 Å². The molecule has 1 radical (unpaired) electrons. The maximum Gasteiger partial charge on any atom is 0.416 e. The van der Waals surface area contributed by atoms with Crippen LogP contribution in [0.3, 0.4) is 0 Å². The van der Waals surface area contributed by atoms with Crippen molar-refractivity contribution in [2.75, 3.05) is 0 Å². The van der Waals surface area contributed by atoms with Crippen LogP contribution in [0.4, 0.5) is 35.1 Å². The average Bonchev–Trinajstić information content (AvgIpc) is 2.51. The topological polar surface area (TPSA) is 29.1 Å². The Balaban J connectivity index is 2.29. The molecule has 0 aliphatic rings. The molecule has 0 saturated heterocycles. The molecule has 0 aliphatic heterocycles. The maximum atomic E-state index is 14.1. The summed E-state index contributed by atoms with van der Waals surface area (Å²) in [5.74, 6) is -1.33. The van der Waals surface area contributed by atoms with Crippen molar-refractivity contribution < 1.29 is 45.0 Å². The summed E-state index contributed by atoms with van der Waals surface area (Å²) in [6.07, 6.45) is -9.96. The summed E-state index contributed by atoms with van der Waals surface area (Å²) in [5.41, 5.74) is -4.96. The molecule has 10 heteroatoms. The molecule has 0 aromatic heterocycles. The van der Waals surface area contributed by atoms with Crippen molar-refractivity contribution in [3.63, 3.8) is 0 Å². The molecule has 1 unspecified atom stereocenters. The summed E-state index contributed by atoms with van der Waals surface area (Å²) in [7, 11) is 0. The maximum absolute atomic E-state index is 14.1. The lowest BCUT2D eigenvalue weighted by molar-refractivity contribution is -0.342. The van der Waals surface area contributed by atoms with E-state index in [4.69, 9.17) is 0 Å². The van der Waals surface area contributed by atoms with E-state index in [9.17, 15) is 40.2 Å². The van der Waals surface area contributed by atoms with Crippen LogP contribution in [0.2, 0.25) is 0 Å². The van der Waals surface area contributed by atoms with Crippen molar-refractivity contribution in [2.45, 2.75) is 25.0 Å². The van der Waals surface area contributed by atoms with Gasteiger partial charge in [0.2, 0.25) is 0 Å². The molecule has 0 bridgehead atoms. The third-order valence-corrected chi connectivity index (χ3v) is 3.26. The minimum atomic E-state index is -5.05. The van der Waals surface area contributed by atoms with Gasteiger partial charge in [-0.05, 0) is 35.9 Å². The van der Waals surface area contributed by atoms with Crippen molar-refractivity contribution >= 4 is 0 Å². The Kier molecular flexibility index (Phi) is 5.29. The van der Waals surface area contributed by atoms with Gasteiger partial charge < -0.3 is 4.74 Å². The quantitative estimate of drug-likeness (QED) is 0.498. The monoisotopic (exact) mass is 385 g/mol. The first-order valence-corrected chi connectivity index (χ1v) is 6.87. The summed E-state index contributed by atoms with van der Waals surface area (Å²) in [6.45, 7) is -1.17. The third kappa shape index (κ3) is 4.70. The fraction of sp³-hybridized carbons (Fsp3) is 0.250. The molecule has 0 N–H and O–H groups in total. The molecule has 2 aromatic rings. The molecule has 0 aliphatic carbocycles. The molecule has 0 heterocycles. The smallest absolute Gasteiger partial charge is 0.313 e. The van der Waals surface area contributed by atoms with Gasteiger partial charge in [0.05, 0.1) is 23.3 Å². The number of halogens is 8. The minimum Gasteiger partial charge on any atom is -0.313 e. The SMILES string of the molecule is [O]C(F)(OCc1cc(F)cc(C(F)(F)F)c1)c1ccccc1C(F)(F)F. The zero-order chi connectivity index (χ0) is 19.8. The lowest BCUT2D eigenvalue weighted by atomic mass is 10.1. The van der Waals surface area contributed by atoms with Gasteiger partial charge in [-0.1, -0.05) is 12.1 Å². The molecule has 0 spiro atoms. The van der Waals surface area contributed by atoms with E-state index in [1.54, 1.807) is 0 Å². The van der Waals surface area contributed by atoms with E-state index in [0.717, 1.165) is 12.1 Å². The number of ether oxygens (including phenoxy) is 1. The molecular weight excluding hydrogens is 376 g/mol. The van der Waals surface area contributed by atoms with Gasteiger partial charge in [0.25, 0.3) is 0 Å². The minimum absolute atomic E-state index is 0.169. The van der Waals surface area contributed by atoms with Crippen LogP contribution in [0.15, 0.2) is 42.5 Å². The summed E-state index contributed by atoms with van der Waals surface area (Å²) < 4.78 is 108. The van der Waals surface area contributed by atoms with Gasteiger partial charge in [0.15, 0.2) is 0 Å². The molecule has 2 nitrogen and oxygen atoms in total. The predicted molar refractivity (Wildman–Crippen MR) is 71.1 cm³/mol. The Morgan fingerprint density at radius 3 is 1.92 bits per heavy atom. The van der Waals surface area contributed by atoms with Gasteiger partial charge in [0, 0.05) is 0 Å². The molecule has 2 aromatic carbocycles. The summed E-state index contributed by atoms with van der Waals surface area (Å²) in [4.78, 5) is 0. The molecular formula is C16H9F8O2. The highest BCUT2D eigenvalue weighted by Crippen LogP contribution is 2.39. The van der Waals surface area contributed by atoms with Crippen LogP contribution >= 0.6 is 0 Å². The van der Waals surface area contributed by atoms with E-state index < -0.39 is 53.1 Å². The van der Waals surface area contributed by atoms with E-state index in [0.29, 0.717) is 24.3 Å².